The molecule has 3 rings (SSSR count). The number of amides is 1. The zero-order valence-corrected chi connectivity index (χ0v) is 15.0. The number of aryl methyl sites for hydroxylation is 1. The van der Waals surface area contributed by atoms with E-state index in [9.17, 15) is 9.18 Å². The van der Waals surface area contributed by atoms with Crippen molar-refractivity contribution in [3.8, 4) is 10.8 Å². The summed E-state index contributed by atoms with van der Waals surface area (Å²) in [4.78, 5) is 25.5. The van der Waals surface area contributed by atoms with Crippen molar-refractivity contribution in [2.75, 3.05) is 0 Å². The maximum atomic E-state index is 13.3. The van der Waals surface area contributed by atoms with Gasteiger partial charge in [0, 0.05) is 23.4 Å². The van der Waals surface area contributed by atoms with Crippen LogP contribution in [0.2, 0.25) is 0 Å². The molecule has 0 aliphatic rings. The number of carbonyl (C=O) groups excluding carboxylic acids is 1. The standard InChI is InChI=1S/C16H12BrFN4OS/c1-9-13(24-16(22-9)14-19-5-2-6-20-14)15(23)21-8-10-7-11(18)3-4-12(10)17/h2-7H,8H2,1H3,(H,21,23). The minimum atomic E-state index is -0.347. The molecule has 1 aromatic carbocycles. The maximum absolute atomic E-state index is 13.3. The van der Waals surface area contributed by atoms with Crippen LogP contribution in [0.5, 0.6) is 0 Å². The topological polar surface area (TPSA) is 67.8 Å². The van der Waals surface area contributed by atoms with E-state index >= 15 is 0 Å². The van der Waals surface area contributed by atoms with Gasteiger partial charge in [0.1, 0.15) is 10.7 Å². The maximum Gasteiger partial charge on any atom is 0.263 e. The van der Waals surface area contributed by atoms with Gasteiger partial charge < -0.3 is 5.32 Å². The fourth-order valence-corrected chi connectivity index (χ4v) is 3.36. The van der Waals surface area contributed by atoms with E-state index in [-0.39, 0.29) is 18.3 Å². The highest BCUT2D eigenvalue weighted by Crippen LogP contribution is 2.25. The van der Waals surface area contributed by atoms with Gasteiger partial charge in [-0.25, -0.2) is 19.3 Å². The molecule has 2 heterocycles. The number of rotatable bonds is 4. The second-order valence-electron chi connectivity index (χ2n) is 4.92. The molecule has 0 radical (unpaired) electrons. The third-order valence-electron chi connectivity index (χ3n) is 3.21. The van der Waals surface area contributed by atoms with E-state index in [1.165, 1.54) is 23.5 Å². The molecule has 0 saturated carbocycles. The molecule has 8 heteroatoms. The summed E-state index contributed by atoms with van der Waals surface area (Å²) in [6, 6.07) is 6.07. The van der Waals surface area contributed by atoms with Gasteiger partial charge in [-0.15, -0.1) is 11.3 Å². The molecule has 24 heavy (non-hydrogen) atoms. The molecule has 0 bridgehead atoms. The normalized spacial score (nSPS) is 10.6. The summed E-state index contributed by atoms with van der Waals surface area (Å²) in [7, 11) is 0. The summed E-state index contributed by atoms with van der Waals surface area (Å²) < 4.78 is 14.0. The van der Waals surface area contributed by atoms with Gasteiger partial charge in [-0.05, 0) is 36.8 Å². The van der Waals surface area contributed by atoms with E-state index in [0.717, 1.165) is 4.47 Å². The first-order chi connectivity index (χ1) is 11.5. The Morgan fingerprint density at radius 2 is 2.08 bits per heavy atom. The van der Waals surface area contributed by atoms with E-state index in [2.05, 4.69) is 36.2 Å². The number of nitrogens with one attached hydrogen (secondary N) is 1. The lowest BCUT2D eigenvalue weighted by Crippen LogP contribution is -2.22. The fraction of sp³-hybridized carbons (Fsp3) is 0.125. The molecule has 0 fully saturated rings. The molecule has 0 spiro atoms. The molecule has 1 amide bonds. The highest BCUT2D eigenvalue weighted by atomic mass is 79.9. The molecule has 122 valence electrons. The molecule has 0 unspecified atom stereocenters. The number of aromatic nitrogens is 3. The van der Waals surface area contributed by atoms with Crippen molar-refractivity contribution in [1.82, 2.24) is 20.3 Å². The fourth-order valence-electron chi connectivity index (χ4n) is 2.05. The summed E-state index contributed by atoms with van der Waals surface area (Å²) in [6.07, 6.45) is 3.25. The average Bonchev–Trinajstić information content (AvgIpc) is 2.98. The van der Waals surface area contributed by atoms with Crippen molar-refractivity contribution in [1.29, 1.82) is 0 Å². The van der Waals surface area contributed by atoms with Crippen LogP contribution in [-0.2, 0) is 6.54 Å². The number of hydrogen-bond donors (Lipinski definition) is 1. The molecule has 1 N–H and O–H groups in total. The number of halogens is 2. The molecule has 0 aliphatic carbocycles. The lowest BCUT2D eigenvalue weighted by Gasteiger charge is -2.06. The quantitative estimate of drug-likeness (QED) is 0.716. The summed E-state index contributed by atoms with van der Waals surface area (Å²) in [5.41, 5.74) is 1.27. The van der Waals surface area contributed by atoms with Gasteiger partial charge in [0.05, 0.1) is 5.69 Å². The Balaban J connectivity index is 1.76. The highest BCUT2D eigenvalue weighted by molar-refractivity contribution is 9.10. The van der Waals surface area contributed by atoms with Crippen molar-refractivity contribution < 1.29 is 9.18 Å². The van der Waals surface area contributed by atoms with Crippen LogP contribution >= 0.6 is 27.3 Å². The van der Waals surface area contributed by atoms with Gasteiger partial charge in [-0.2, -0.15) is 0 Å². The molecule has 3 aromatic rings. The summed E-state index contributed by atoms with van der Waals surface area (Å²) >= 11 is 4.57. The van der Waals surface area contributed by atoms with Crippen LogP contribution in [0.15, 0.2) is 41.1 Å². The zero-order valence-electron chi connectivity index (χ0n) is 12.6. The van der Waals surface area contributed by atoms with Crippen molar-refractivity contribution in [3.05, 3.63) is 63.1 Å². The van der Waals surface area contributed by atoms with Gasteiger partial charge in [0.2, 0.25) is 0 Å². The Morgan fingerprint density at radius 1 is 1.33 bits per heavy atom. The molecule has 2 aromatic heterocycles. The van der Waals surface area contributed by atoms with E-state index in [1.54, 1.807) is 31.5 Å². The van der Waals surface area contributed by atoms with Crippen LogP contribution in [-0.4, -0.2) is 20.9 Å². The largest absolute Gasteiger partial charge is 0.347 e. The van der Waals surface area contributed by atoms with Crippen LogP contribution < -0.4 is 5.32 Å². The second kappa shape index (κ2) is 7.14. The Bertz CT molecular complexity index is 885. The highest BCUT2D eigenvalue weighted by Gasteiger charge is 2.17. The Labute approximate surface area is 150 Å². The van der Waals surface area contributed by atoms with Gasteiger partial charge in [0.25, 0.3) is 5.91 Å². The van der Waals surface area contributed by atoms with Crippen molar-refractivity contribution in [2.45, 2.75) is 13.5 Å². The molecular weight excluding hydrogens is 395 g/mol. The number of nitrogens with zero attached hydrogens (tertiary/aromatic N) is 3. The van der Waals surface area contributed by atoms with Crippen molar-refractivity contribution in [3.63, 3.8) is 0 Å². The van der Waals surface area contributed by atoms with E-state index in [4.69, 9.17) is 0 Å². The first kappa shape index (κ1) is 16.7. The first-order valence-corrected chi connectivity index (χ1v) is 8.62. The molecule has 5 nitrogen and oxygen atoms in total. The number of thiazole rings is 1. The molecular formula is C16H12BrFN4OS. The average molecular weight is 407 g/mol. The predicted octanol–water partition coefficient (Wildman–Crippen LogP) is 3.74. The molecule has 0 saturated heterocycles. The van der Waals surface area contributed by atoms with Crippen molar-refractivity contribution >= 4 is 33.2 Å². The minimum absolute atomic E-state index is 0.214. The van der Waals surface area contributed by atoms with Crippen LogP contribution in [0.25, 0.3) is 10.8 Å². The van der Waals surface area contributed by atoms with Crippen LogP contribution in [0, 0.1) is 12.7 Å². The van der Waals surface area contributed by atoms with Crippen LogP contribution in [0.3, 0.4) is 0 Å². The van der Waals surface area contributed by atoms with Crippen LogP contribution in [0.1, 0.15) is 20.9 Å². The van der Waals surface area contributed by atoms with E-state index in [1.807, 2.05) is 0 Å². The third kappa shape index (κ3) is 3.65. The number of hydrogen-bond acceptors (Lipinski definition) is 5. The minimum Gasteiger partial charge on any atom is -0.347 e. The zero-order chi connectivity index (χ0) is 17.1. The molecule has 0 aliphatic heterocycles. The summed E-state index contributed by atoms with van der Waals surface area (Å²) in [5, 5.41) is 3.37. The lowest BCUT2D eigenvalue weighted by atomic mass is 10.2. The Hall–Kier alpha value is -2.19. The first-order valence-electron chi connectivity index (χ1n) is 7.01. The number of benzene rings is 1. The lowest BCUT2D eigenvalue weighted by molar-refractivity contribution is 0.0954. The number of carbonyl (C=O) groups is 1. The third-order valence-corrected chi connectivity index (χ3v) is 5.13. The van der Waals surface area contributed by atoms with Crippen LogP contribution in [0.4, 0.5) is 4.39 Å². The van der Waals surface area contributed by atoms with Gasteiger partial charge in [0.15, 0.2) is 10.8 Å². The van der Waals surface area contributed by atoms with Gasteiger partial charge in [-0.3, -0.25) is 4.79 Å². The van der Waals surface area contributed by atoms with Crippen molar-refractivity contribution in [2.24, 2.45) is 0 Å². The smallest absolute Gasteiger partial charge is 0.263 e. The summed E-state index contributed by atoms with van der Waals surface area (Å²) in [6.45, 7) is 1.97. The van der Waals surface area contributed by atoms with E-state index < -0.39 is 0 Å². The Morgan fingerprint density at radius 3 is 2.83 bits per heavy atom. The monoisotopic (exact) mass is 406 g/mol. The predicted molar refractivity (Wildman–Crippen MR) is 93.1 cm³/mol. The van der Waals surface area contributed by atoms with E-state index in [0.29, 0.717) is 27.0 Å². The summed E-state index contributed by atoms with van der Waals surface area (Å²) in [5.74, 6) is -0.124. The SMILES string of the molecule is Cc1nc(-c2ncccn2)sc1C(=O)NCc1cc(F)ccc1Br. The Kier molecular flexibility index (Phi) is 4.96. The molecule has 0 atom stereocenters. The van der Waals surface area contributed by atoms with Gasteiger partial charge in [-0.1, -0.05) is 15.9 Å². The second-order valence-corrected chi connectivity index (χ2v) is 6.78. The van der Waals surface area contributed by atoms with Gasteiger partial charge >= 0.3 is 0 Å².